The van der Waals surface area contributed by atoms with Crippen LogP contribution in [0.15, 0.2) is 36.7 Å². The van der Waals surface area contributed by atoms with Crippen LogP contribution < -0.4 is 0 Å². The number of nitrogens with zero attached hydrogens (tertiary/aromatic N) is 5. The van der Waals surface area contributed by atoms with Gasteiger partial charge < -0.3 is 9.30 Å². The molecular formula is C17H18ClN5O. The Morgan fingerprint density at radius 1 is 1.04 bits per heavy atom. The zero-order chi connectivity index (χ0) is 16.4. The number of ether oxygens (including phenoxy) is 1. The lowest BCUT2D eigenvalue weighted by atomic mass is 10.2. The van der Waals surface area contributed by atoms with Crippen LogP contribution in [0.5, 0.6) is 0 Å². The molecule has 0 spiro atoms. The first-order valence-corrected chi connectivity index (χ1v) is 8.43. The summed E-state index contributed by atoms with van der Waals surface area (Å²) >= 11 is 6.32. The molecule has 2 aromatic heterocycles. The molecule has 4 rings (SSSR count). The Morgan fingerprint density at radius 2 is 1.83 bits per heavy atom. The van der Waals surface area contributed by atoms with Crippen molar-refractivity contribution >= 4 is 22.8 Å². The van der Waals surface area contributed by atoms with Gasteiger partial charge in [-0.3, -0.25) is 4.90 Å². The van der Waals surface area contributed by atoms with E-state index in [0.717, 1.165) is 50.6 Å². The average molecular weight is 344 g/mol. The Hall–Kier alpha value is -2.02. The first kappa shape index (κ1) is 15.5. The number of halogens is 1. The molecule has 0 unspecified atom stereocenters. The minimum atomic E-state index is 0.393. The summed E-state index contributed by atoms with van der Waals surface area (Å²) < 4.78 is 7.43. The van der Waals surface area contributed by atoms with Gasteiger partial charge in [0.2, 0.25) is 0 Å². The predicted molar refractivity (Wildman–Crippen MR) is 93.0 cm³/mol. The lowest BCUT2D eigenvalue weighted by Crippen LogP contribution is -2.38. The molecule has 3 heterocycles. The van der Waals surface area contributed by atoms with Crippen molar-refractivity contribution in [3.05, 3.63) is 41.8 Å². The summed E-state index contributed by atoms with van der Waals surface area (Å²) in [6, 6.07) is 9.85. The molecule has 24 heavy (non-hydrogen) atoms. The van der Waals surface area contributed by atoms with Crippen molar-refractivity contribution in [2.45, 2.75) is 6.54 Å². The smallest absolute Gasteiger partial charge is 0.165 e. The zero-order valence-electron chi connectivity index (χ0n) is 13.2. The topological polar surface area (TPSA) is 56.1 Å². The van der Waals surface area contributed by atoms with Gasteiger partial charge in [0.15, 0.2) is 16.6 Å². The van der Waals surface area contributed by atoms with Gasteiger partial charge in [-0.25, -0.2) is 15.0 Å². The molecule has 7 heteroatoms. The number of fused-ring (bicyclic) bond motifs is 1. The summed E-state index contributed by atoms with van der Waals surface area (Å²) in [7, 11) is 0. The highest BCUT2D eigenvalue weighted by Crippen LogP contribution is 2.23. The largest absolute Gasteiger partial charge is 0.379 e. The van der Waals surface area contributed by atoms with E-state index in [1.165, 1.54) is 0 Å². The van der Waals surface area contributed by atoms with E-state index in [0.29, 0.717) is 16.5 Å². The molecule has 1 fully saturated rings. The molecule has 0 atom stereocenters. The van der Waals surface area contributed by atoms with E-state index in [-0.39, 0.29) is 0 Å². The minimum absolute atomic E-state index is 0.393. The van der Waals surface area contributed by atoms with E-state index in [2.05, 4.69) is 14.9 Å². The summed E-state index contributed by atoms with van der Waals surface area (Å²) in [5.74, 6) is 0.626. The fourth-order valence-corrected chi connectivity index (χ4v) is 3.08. The van der Waals surface area contributed by atoms with Crippen LogP contribution in [0.2, 0.25) is 5.15 Å². The van der Waals surface area contributed by atoms with Crippen LogP contribution in [0.1, 0.15) is 0 Å². The molecule has 0 aliphatic carbocycles. The Kier molecular flexibility index (Phi) is 4.42. The minimum Gasteiger partial charge on any atom is -0.379 e. The lowest BCUT2D eigenvalue weighted by Gasteiger charge is -2.26. The van der Waals surface area contributed by atoms with Crippen LogP contribution in [0.3, 0.4) is 0 Å². The van der Waals surface area contributed by atoms with Gasteiger partial charge in [-0.2, -0.15) is 0 Å². The molecular weight excluding hydrogens is 326 g/mol. The number of morpholine rings is 1. The van der Waals surface area contributed by atoms with Crippen molar-refractivity contribution < 1.29 is 4.74 Å². The maximum atomic E-state index is 6.32. The van der Waals surface area contributed by atoms with E-state index in [9.17, 15) is 0 Å². The highest BCUT2D eigenvalue weighted by Gasteiger charge is 2.15. The highest BCUT2D eigenvalue weighted by molar-refractivity contribution is 6.33. The number of hydrogen-bond acceptors (Lipinski definition) is 5. The van der Waals surface area contributed by atoms with Crippen LogP contribution in [-0.2, 0) is 11.3 Å². The second-order valence-corrected chi connectivity index (χ2v) is 6.13. The summed E-state index contributed by atoms with van der Waals surface area (Å²) in [4.78, 5) is 15.8. The summed E-state index contributed by atoms with van der Waals surface area (Å²) in [5, 5.41) is 0.393. The highest BCUT2D eigenvalue weighted by atomic mass is 35.5. The number of rotatable bonds is 4. The Bertz CT molecular complexity index is 830. The van der Waals surface area contributed by atoms with Crippen LogP contribution in [0, 0.1) is 0 Å². The third-order valence-electron chi connectivity index (χ3n) is 4.21. The van der Waals surface area contributed by atoms with Crippen molar-refractivity contribution in [2.24, 2.45) is 0 Å². The van der Waals surface area contributed by atoms with Crippen molar-refractivity contribution in [1.29, 1.82) is 0 Å². The number of benzene rings is 1. The SMILES string of the molecule is Clc1nc(-c2ccccc2)nc2c1ncn2CCN1CCOCC1. The third-order valence-corrected chi connectivity index (χ3v) is 4.48. The first-order chi connectivity index (χ1) is 11.8. The summed E-state index contributed by atoms with van der Waals surface area (Å²) in [5.41, 5.74) is 2.38. The monoisotopic (exact) mass is 343 g/mol. The van der Waals surface area contributed by atoms with E-state index in [1.807, 2.05) is 34.9 Å². The van der Waals surface area contributed by atoms with Gasteiger partial charge >= 0.3 is 0 Å². The van der Waals surface area contributed by atoms with Gasteiger partial charge in [0.25, 0.3) is 0 Å². The van der Waals surface area contributed by atoms with Gasteiger partial charge in [0.05, 0.1) is 19.5 Å². The van der Waals surface area contributed by atoms with Gasteiger partial charge in [0, 0.05) is 31.7 Å². The standard InChI is InChI=1S/C17H18ClN5O/c18-15-14-17(21-16(20-15)13-4-2-1-3-5-13)23(12-19-14)7-6-22-8-10-24-11-9-22/h1-5,12H,6-11H2. The summed E-state index contributed by atoms with van der Waals surface area (Å²) in [6.07, 6.45) is 1.79. The van der Waals surface area contributed by atoms with E-state index in [4.69, 9.17) is 21.3 Å². The van der Waals surface area contributed by atoms with E-state index >= 15 is 0 Å². The van der Waals surface area contributed by atoms with Crippen LogP contribution in [-0.4, -0.2) is 57.3 Å². The lowest BCUT2D eigenvalue weighted by molar-refractivity contribution is 0.0365. The zero-order valence-corrected chi connectivity index (χ0v) is 14.0. The normalized spacial score (nSPS) is 15.9. The molecule has 1 aliphatic rings. The molecule has 1 aliphatic heterocycles. The van der Waals surface area contributed by atoms with Crippen LogP contribution in [0.25, 0.3) is 22.6 Å². The fraction of sp³-hybridized carbons (Fsp3) is 0.353. The van der Waals surface area contributed by atoms with Crippen molar-refractivity contribution in [3.63, 3.8) is 0 Å². The average Bonchev–Trinajstić information content (AvgIpc) is 3.05. The number of hydrogen-bond donors (Lipinski definition) is 0. The van der Waals surface area contributed by atoms with Gasteiger partial charge in [-0.1, -0.05) is 41.9 Å². The molecule has 0 bridgehead atoms. The second kappa shape index (κ2) is 6.84. The third kappa shape index (κ3) is 3.13. The number of imidazole rings is 1. The van der Waals surface area contributed by atoms with Crippen molar-refractivity contribution in [1.82, 2.24) is 24.4 Å². The van der Waals surface area contributed by atoms with Crippen LogP contribution in [0.4, 0.5) is 0 Å². The van der Waals surface area contributed by atoms with Gasteiger partial charge in [-0.15, -0.1) is 0 Å². The summed E-state index contributed by atoms with van der Waals surface area (Å²) in [6.45, 7) is 5.30. The molecule has 0 N–H and O–H groups in total. The first-order valence-electron chi connectivity index (χ1n) is 8.05. The maximum absolute atomic E-state index is 6.32. The van der Waals surface area contributed by atoms with E-state index < -0.39 is 0 Å². The van der Waals surface area contributed by atoms with Crippen LogP contribution >= 0.6 is 11.6 Å². The van der Waals surface area contributed by atoms with Crippen molar-refractivity contribution in [2.75, 3.05) is 32.8 Å². The molecule has 6 nitrogen and oxygen atoms in total. The molecule has 1 saturated heterocycles. The molecule has 0 amide bonds. The fourth-order valence-electron chi connectivity index (χ4n) is 2.86. The second-order valence-electron chi connectivity index (χ2n) is 5.77. The van der Waals surface area contributed by atoms with Crippen molar-refractivity contribution in [3.8, 4) is 11.4 Å². The Morgan fingerprint density at radius 3 is 2.62 bits per heavy atom. The number of aromatic nitrogens is 4. The van der Waals surface area contributed by atoms with Gasteiger partial charge in [-0.05, 0) is 0 Å². The van der Waals surface area contributed by atoms with E-state index in [1.54, 1.807) is 6.33 Å². The molecule has 3 aromatic rings. The quantitative estimate of drug-likeness (QED) is 0.681. The Labute approximate surface area is 145 Å². The molecule has 1 aromatic carbocycles. The molecule has 0 saturated carbocycles. The molecule has 0 radical (unpaired) electrons. The molecule has 124 valence electrons. The Balaban J connectivity index is 1.63. The predicted octanol–water partition coefficient (Wildman–Crippen LogP) is 2.48. The van der Waals surface area contributed by atoms with Gasteiger partial charge in [0.1, 0.15) is 5.52 Å². The maximum Gasteiger partial charge on any atom is 0.165 e.